The Bertz CT molecular complexity index is 761. The van der Waals surface area contributed by atoms with Gasteiger partial charge in [-0.25, -0.2) is 0 Å². The molecular weight excluding hydrogens is 308 g/mol. The quantitative estimate of drug-likeness (QED) is 0.824. The average Bonchev–Trinajstić information content (AvgIpc) is 3.02. The predicted octanol–water partition coefficient (Wildman–Crippen LogP) is 3.14. The molecule has 3 rings (SSSR count). The topological polar surface area (TPSA) is 82.8 Å². The van der Waals surface area contributed by atoms with Gasteiger partial charge < -0.3 is 25.3 Å². The summed E-state index contributed by atoms with van der Waals surface area (Å²) in [5.74, 6) is 1.89. The third kappa shape index (κ3) is 3.37. The molecule has 2 aromatic carbocycles. The van der Waals surface area contributed by atoms with Crippen LogP contribution in [0, 0.1) is 0 Å². The zero-order chi connectivity index (χ0) is 17.1. The molecule has 1 heterocycles. The molecule has 0 radical (unpaired) electrons. The minimum absolute atomic E-state index is 0.0512. The number of nitrogen functional groups attached to an aromatic ring is 1. The number of fused-ring (bicyclic) bond motifs is 1. The number of nitrogens with one attached hydrogen (secondary N) is 1. The van der Waals surface area contributed by atoms with Gasteiger partial charge in [0, 0.05) is 18.6 Å². The highest BCUT2D eigenvalue weighted by Crippen LogP contribution is 2.38. The van der Waals surface area contributed by atoms with E-state index in [4.69, 9.17) is 19.9 Å². The van der Waals surface area contributed by atoms with Crippen LogP contribution in [0.25, 0.3) is 0 Å². The number of nitrogens with two attached hydrogens (primary N) is 1. The first kappa shape index (κ1) is 16.0. The standard InChI is InChI=1S/C18H20N2O4/c1-11(12-4-3-5-13(7-12)22-2)6-18(21)20-15-9-17-16(8-14(15)19)23-10-24-17/h3-5,7-9,11H,6,10,19H2,1-2H3,(H,20,21). The second-order valence-electron chi connectivity index (χ2n) is 5.72. The molecule has 0 saturated carbocycles. The number of hydrogen-bond acceptors (Lipinski definition) is 5. The maximum Gasteiger partial charge on any atom is 0.231 e. The van der Waals surface area contributed by atoms with Crippen molar-refractivity contribution >= 4 is 17.3 Å². The first-order valence-electron chi connectivity index (χ1n) is 7.69. The van der Waals surface area contributed by atoms with E-state index in [1.54, 1.807) is 19.2 Å². The maximum absolute atomic E-state index is 12.3. The summed E-state index contributed by atoms with van der Waals surface area (Å²) in [5, 5.41) is 2.84. The lowest BCUT2D eigenvalue weighted by molar-refractivity contribution is -0.116. The number of anilines is 2. The van der Waals surface area contributed by atoms with Gasteiger partial charge in [0.25, 0.3) is 0 Å². The second kappa shape index (κ2) is 6.70. The summed E-state index contributed by atoms with van der Waals surface area (Å²) in [5.41, 5.74) is 7.98. The molecule has 6 heteroatoms. The summed E-state index contributed by atoms with van der Waals surface area (Å²) >= 11 is 0. The largest absolute Gasteiger partial charge is 0.497 e. The number of rotatable bonds is 5. The van der Waals surface area contributed by atoms with Crippen molar-refractivity contribution in [2.45, 2.75) is 19.3 Å². The highest BCUT2D eigenvalue weighted by Gasteiger charge is 2.18. The van der Waals surface area contributed by atoms with Crippen molar-refractivity contribution in [3.8, 4) is 17.2 Å². The lowest BCUT2D eigenvalue weighted by Gasteiger charge is -2.14. The summed E-state index contributed by atoms with van der Waals surface area (Å²) in [6.45, 7) is 2.16. The van der Waals surface area contributed by atoms with E-state index in [1.807, 2.05) is 31.2 Å². The SMILES string of the molecule is COc1cccc(C(C)CC(=O)Nc2cc3c(cc2N)OCO3)c1. The Morgan fingerprint density at radius 1 is 1.29 bits per heavy atom. The molecule has 0 fully saturated rings. The van der Waals surface area contributed by atoms with Gasteiger partial charge in [-0.15, -0.1) is 0 Å². The van der Waals surface area contributed by atoms with Crippen LogP contribution in [-0.2, 0) is 4.79 Å². The summed E-state index contributed by atoms with van der Waals surface area (Å²) in [6, 6.07) is 11.1. The maximum atomic E-state index is 12.3. The van der Waals surface area contributed by atoms with E-state index >= 15 is 0 Å². The van der Waals surface area contributed by atoms with E-state index in [-0.39, 0.29) is 18.6 Å². The fraction of sp³-hybridized carbons (Fsp3) is 0.278. The smallest absolute Gasteiger partial charge is 0.231 e. The molecule has 126 valence electrons. The molecule has 2 aromatic rings. The molecule has 0 saturated heterocycles. The highest BCUT2D eigenvalue weighted by molar-refractivity contribution is 5.95. The Morgan fingerprint density at radius 3 is 2.79 bits per heavy atom. The van der Waals surface area contributed by atoms with Crippen LogP contribution in [0.4, 0.5) is 11.4 Å². The van der Waals surface area contributed by atoms with Gasteiger partial charge >= 0.3 is 0 Å². The average molecular weight is 328 g/mol. The van der Waals surface area contributed by atoms with Gasteiger partial charge in [0.05, 0.1) is 18.5 Å². The van der Waals surface area contributed by atoms with Gasteiger partial charge in [0.2, 0.25) is 12.7 Å². The van der Waals surface area contributed by atoms with Crippen LogP contribution in [0.1, 0.15) is 24.8 Å². The Balaban J connectivity index is 1.67. The first-order chi connectivity index (χ1) is 11.6. The van der Waals surface area contributed by atoms with E-state index in [0.29, 0.717) is 29.3 Å². The Hall–Kier alpha value is -2.89. The lowest BCUT2D eigenvalue weighted by atomic mass is 9.97. The molecule has 1 atom stereocenters. The number of hydrogen-bond donors (Lipinski definition) is 2. The summed E-state index contributed by atoms with van der Waals surface area (Å²) in [7, 11) is 1.62. The number of benzene rings is 2. The van der Waals surface area contributed by atoms with Gasteiger partial charge in [0.1, 0.15) is 5.75 Å². The van der Waals surface area contributed by atoms with Crippen LogP contribution in [0.2, 0.25) is 0 Å². The monoisotopic (exact) mass is 328 g/mol. The summed E-state index contributed by atoms with van der Waals surface area (Å²) in [6.07, 6.45) is 0.334. The van der Waals surface area contributed by atoms with Gasteiger partial charge in [0.15, 0.2) is 11.5 Å². The van der Waals surface area contributed by atoms with E-state index in [9.17, 15) is 4.79 Å². The van der Waals surface area contributed by atoms with Gasteiger partial charge in [-0.05, 0) is 23.6 Å². The number of carbonyl (C=O) groups excluding carboxylic acids is 1. The fourth-order valence-electron chi connectivity index (χ4n) is 2.61. The van der Waals surface area contributed by atoms with E-state index in [0.717, 1.165) is 11.3 Å². The molecule has 1 amide bonds. The van der Waals surface area contributed by atoms with E-state index < -0.39 is 0 Å². The lowest BCUT2D eigenvalue weighted by Crippen LogP contribution is -2.15. The normalized spacial score (nSPS) is 13.4. The van der Waals surface area contributed by atoms with E-state index in [1.165, 1.54) is 0 Å². The van der Waals surface area contributed by atoms with Crippen LogP contribution in [0.15, 0.2) is 36.4 Å². The van der Waals surface area contributed by atoms with Crippen molar-refractivity contribution in [2.24, 2.45) is 0 Å². The Labute approximate surface area is 140 Å². The van der Waals surface area contributed by atoms with Crippen molar-refractivity contribution < 1.29 is 19.0 Å². The van der Waals surface area contributed by atoms with Crippen molar-refractivity contribution in [2.75, 3.05) is 25.0 Å². The Morgan fingerprint density at radius 2 is 2.04 bits per heavy atom. The third-order valence-electron chi connectivity index (χ3n) is 3.97. The molecule has 1 aliphatic heterocycles. The second-order valence-corrected chi connectivity index (χ2v) is 5.72. The highest BCUT2D eigenvalue weighted by atomic mass is 16.7. The van der Waals surface area contributed by atoms with Crippen molar-refractivity contribution in [3.05, 3.63) is 42.0 Å². The van der Waals surface area contributed by atoms with Crippen LogP contribution in [0.3, 0.4) is 0 Å². The predicted molar refractivity (Wildman–Crippen MR) is 91.6 cm³/mol. The number of amides is 1. The van der Waals surface area contributed by atoms with Gasteiger partial charge in [-0.2, -0.15) is 0 Å². The minimum Gasteiger partial charge on any atom is -0.497 e. The van der Waals surface area contributed by atoms with E-state index in [2.05, 4.69) is 5.32 Å². The minimum atomic E-state index is -0.115. The van der Waals surface area contributed by atoms with Crippen LogP contribution < -0.4 is 25.3 Å². The van der Waals surface area contributed by atoms with Gasteiger partial charge in [-0.1, -0.05) is 19.1 Å². The molecule has 0 spiro atoms. The van der Waals surface area contributed by atoms with Crippen LogP contribution in [-0.4, -0.2) is 19.8 Å². The Kier molecular flexibility index (Phi) is 4.46. The van der Waals surface area contributed by atoms with Crippen LogP contribution in [0.5, 0.6) is 17.2 Å². The van der Waals surface area contributed by atoms with Crippen LogP contribution >= 0.6 is 0 Å². The molecule has 3 N–H and O–H groups in total. The number of carbonyl (C=O) groups is 1. The van der Waals surface area contributed by atoms with Crippen molar-refractivity contribution in [1.82, 2.24) is 0 Å². The number of methoxy groups -OCH3 is 1. The first-order valence-corrected chi connectivity index (χ1v) is 7.69. The molecule has 1 unspecified atom stereocenters. The third-order valence-corrected chi connectivity index (χ3v) is 3.97. The molecule has 0 bridgehead atoms. The van der Waals surface area contributed by atoms with Crippen molar-refractivity contribution in [1.29, 1.82) is 0 Å². The zero-order valence-corrected chi connectivity index (χ0v) is 13.7. The molecule has 0 aliphatic carbocycles. The molecular formula is C18H20N2O4. The van der Waals surface area contributed by atoms with Crippen molar-refractivity contribution in [3.63, 3.8) is 0 Å². The molecule has 1 aliphatic rings. The number of ether oxygens (including phenoxy) is 3. The fourth-order valence-corrected chi connectivity index (χ4v) is 2.61. The molecule has 6 nitrogen and oxygen atoms in total. The molecule has 0 aromatic heterocycles. The zero-order valence-electron chi connectivity index (χ0n) is 13.7. The summed E-state index contributed by atoms with van der Waals surface area (Å²) in [4.78, 5) is 12.3. The van der Waals surface area contributed by atoms with Gasteiger partial charge in [-0.3, -0.25) is 4.79 Å². The molecule has 24 heavy (non-hydrogen) atoms. The summed E-state index contributed by atoms with van der Waals surface area (Å²) < 4.78 is 15.8.